The molecule has 156 valence electrons. The number of rotatable bonds is 8. The number of para-hydroxylation sites is 1. The largest absolute Gasteiger partial charge is 0.372 e. The normalized spacial score (nSPS) is 16.5. The van der Waals surface area contributed by atoms with Gasteiger partial charge in [-0.05, 0) is 38.3 Å². The number of carbonyl (C=O) groups excluding carboxylic acids is 1. The molecule has 0 unspecified atom stereocenters. The van der Waals surface area contributed by atoms with Gasteiger partial charge in [-0.3, -0.25) is 9.59 Å². The van der Waals surface area contributed by atoms with Crippen LogP contribution in [0.1, 0.15) is 26.2 Å². The van der Waals surface area contributed by atoms with E-state index in [2.05, 4.69) is 39.3 Å². The maximum absolute atomic E-state index is 12.6. The second-order valence-corrected chi connectivity index (χ2v) is 7.52. The summed E-state index contributed by atoms with van der Waals surface area (Å²) in [6.07, 6.45) is 4.42. The fourth-order valence-electron chi connectivity index (χ4n) is 3.79. The summed E-state index contributed by atoms with van der Waals surface area (Å²) in [6.45, 7) is 6.16. The zero-order chi connectivity index (χ0) is 20.6. The molecule has 1 aliphatic rings. The lowest BCUT2D eigenvalue weighted by Gasteiger charge is -2.33. The van der Waals surface area contributed by atoms with Crippen molar-refractivity contribution in [2.75, 3.05) is 42.5 Å². The fourth-order valence-corrected chi connectivity index (χ4v) is 3.79. The minimum atomic E-state index is -0.132. The van der Waals surface area contributed by atoms with E-state index in [1.54, 1.807) is 19.3 Å². The summed E-state index contributed by atoms with van der Waals surface area (Å²) in [6, 6.07) is 11.9. The summed E-state index contributed by atoms with van der Waals surface area (Å²) in [4.78, 5) is 28.9. The lowest BCUT2D eigenvalue weighted by Crippen LogP contribution is -2.44. The second kappa shape index (κ2) is 10.1. The summed E-state index contributed by atoms with van der Waals surface area (Å²) < 4.78 is 1.31. The van der Waals surface area contributed by atoms with Crippen molar-refractivity contribution in [1.82, 2.24) is 15.1 Å². The lowest BCUT2D eigenvalue weighted by atomic mass is 9.97. The van der Waals surface area contributed by atoms with Crippen molar-refractivity contribution in [1.29, 1.82) is 0 Å². The van der Waals surface area contributed by atoms with Gasteiger partial charge in [-0.15, -0.1) is 0 Å². The topological polar surface area (TPSA) is 70.5 Å². The van der Waals surface area contributed by atoms with Crippen LogP contribution in [0.2, 0.25) is 0 Å². The molecule has 1 N–H and O–H groups in total. The van der Waals surface area contributed by atoms with Gasteiger partial charge in [0.25, 0.3) is 5.56 Å². The third kappa shape index (κ3) is 5.59. The molecule has 0 saturated carbocycles. The van der Waals surface area contributed by atoms with Crippen LogP contribution in [-0.4, -0.2) is 48.4 Å². The van der Waals surface area contributed by atoms with E-state index in [1.165, 1.54) is 10.4 Å². The van der Waals surface area contributed by atoms with Gasteiger partial charge in [0.15, 0.2) is 0 Å². The number of benzene rings is 1. The Morgan fingerprint density at radius 1 is 1.31 bits per heavy atom. The predicted molar refractivity (Wildman–Crippen MR) is 116 cm³/mol. The van der Waals surface area contributed by atoms with Crippen molar-refractivity contribution in [2.45, 2.75) is 26.2 Å². The number of anilines is 2. The lowest BCUT2D eigenvalue weighted by molar-refractivity contribution is -0.125. The van der Waals surface area contributed by atoms with Crippen molar-refractivity contribution in [3.63, 3.8) is 0 Å². The molecule has 0 bridgehead atoms. The molecule has 1 amide bonds. The third-order valence-electron chi connectivity index (χ3n) is 5.52. The van der Waals surface area contributed by atoms with Crippen LogP contribution in [0.4, 0.5) is 11.4 Å². The average molecular weight is 398 g/mol. The Morgan fingerprint density at radius 3 is 2.83 bits per heavy atom. The van der Waals surface area contributed by atoms with E-state index in [0.717, 1.165) is 44.6 Å². The molecular weight excluding hydrogens is 366 g/mol. The van der Waals surface area contributed by atoms with Gasteiger partial charge in [0.05, 0.1) is 17.8 Å². The molecular formula is C22H31N5O2. The van der Waals surface area contributed by atoms with E-state index in [1.807, 2.05) is 18.2 Å². The molecule has 0 spiro atoms. The zero-order valence-electron chi connectivity index (χ0n) is 17.4. The van der Waals surface area contributed by atoms with Gasteiger partial charge in [0.2, 0.25) is 5.91 Å². The van der Waals surface area contributed by atoms with E-state index in [0.29, 0.717) is 13.1 Å². The average Bonchev–Trinajstić information content (AvgIpc) is 2.76. The van der Waals surface area contributed by atoms with Crippen LogP contribution in [0.25, 0.3) is 0 Å². The van der Waals surface area contributed by atoms with Gasteiger partial charge < -0.3 is 15.1 Å². The Balaban J connectivity index is 1.46. The van der Waals surface area contributed by atoms with Crippen LogP contribution in [0.15, 0.2) is 47.4 Å². The third-order valence-corrected chi connectivity index (χ3v) is 5.52. The van der Waals surface area contributed by atoms with E-state index in [4.69, 9.17) is 0 Å². The smallest absolute Gasteiger partial charge is 0.268 e. The van der Waals surface area contributed by atoms with Crippen molar-refractivity contribution in [2.24, 2.45) is 13.0 Å². The highest BCUT2D eigenvalue weighted by atomic mass is 16.2. The highest BCUT2D eigenvalue weighted by molar-refractivity contribution is 5.79. The molecule has 0 radical (unpaired) electrons. The van der Waals surface area contributed by atoms with Crippen molar-refractivity contribution < 1.29 is 4.79 Å². The predicted octanol–water partition coefficient (Wildman–Crippen LogP) is 2.03. The minimum absolute atomic E-state index is 0.0517. The van der Waals surface area contributed by atoms with Crippen molar-refractivity contribution in [3.05, 3.63) is 52.9 Å². The maximum atomic E-state index is 12.6. The maximum Gasteiger partial charge on any atom is 0.268 e. The highest BCUT2D eigenvalue weighted by Crippen LogP contribution is 2.21. The molecule has 1 aromatic carbocycles. The summed E-state index contributed by atoms with van der Waals surface area (Å²) in [5, 5.41) is 7.19. The summed E-state index contributed by atoms with van der Waals surface area (Å²) in [7, 11) is 1.63. The van der Waals surface area contributed by atoms with Gasteiger partial charge >= 0.3 is 0 Å². The molecule has 1 saturated heterocycles. The van der Waals surface area contributed by atoms with Crippen LogP contribution >= 0.6 is 0 Å². The molecule has 1 atom stereocenters. The van der Waals surface area contributed by atoms with Crippen LogP contribution in [0.3, 0.4) is 0 Å². The first kappa shape index (κ1) is 20.9. The van der Waals surface area contributed by atoms with Gasteiger partial charge in [-0.25, -0.2) is 4.68 Å². The molecule has 1 fully saturated rings. The van der Waals surface area contributed by atoms with Crippen LogP contribution in [-0.2, 0) is 11.8 Å². The van der Waals surface area contributed by atoms with Crippen molar-refractivity contribution >= 4 is 17.3 Å². The molecule has 3 rings (SSSR count). The number of hydrogen-bond acceptors (Lipinski definition) is 5. The first-order valence-corrected chi connectivity index (χ1v) is 10.4. The Morgan fingerprint density at radius 2 is 2.10 bits per heavy atom. The van der Waals surface area contributed by atoms with Crippen LogP contribution in [0, 0.1) is 5.92 Å². The zero-order valence-corrected chi connectivity index (χ0v) is 17.4. The van der Waals surface area contributed by atoms with E-state index >= 15 is 0 Å². The first-order chi connectivity index (χ1) is 14.1. The monoisotopic (exact) mass is 397 g/mol. The number of carbonyl (C=O) groups is 1. The summed E-state index contributed by atoms with van der Waals surface area (Å²) >= 11 is 0. The quantitative estimate of drug-likeness (QED) is 0.690. The second-order valence-electron chi connectivity index (χ2n) is 7.52. The molecule has 0 aliphatic carbocycles. The molecule has 2 heterocycles. The van der Waals surface area contributed by atoms with Crippen molar-refractivity contribution in [3.8, 4) is 0 Å². The Kier molecular flexibility index (Phi) is 7.27. The van der Waals surface area contributed by atoms with Crippen LogP contribution in [0.5, 0.6) is 0 Å². The molecule has 1 aromatic heterocycles. The SMILES string of the molecule is CCN(CCCNC(=O)[C@H]1CCCN(c2cnn(C)c(=O)c2)C1)c1ccccc1. The number of aryl methyl sites for hydroxylation is 1. The number of amides is 1. The number of nitrogens with one attached hydrogen (secondary N) is 1. The Hall–Kier alpha value is -2.83. The van der Waals surface area contributed by atoms with Gasteiger partial charge in [-0.2, -0.15) is 5.10 Å². The number of aromatic nitrogens is 2. The standard InChI is InChI=1S/C22H31N5O2/c1-3-26(19-10-5-4-6-11-19)14-8-12-23-22(29)18-9-7-13-27(17-18)20-15-21(28)25(2)24-16-20/h4-6,10-11,15-16,18H,3,7-9,12-14,17H2,1-2H3,(H,23,29)/t18-/m0/s1. The molecule has 2 aromatic rings. The van der Waals surface area contributed by atoms with Gasteiger partial charge in [0.1, 0.15) is 0 Å². The fraction of sp³-hybridized carbons (Fsp3) is 0.500. The van der Waals surface area contributed by atoms with Gasteiger partial charge in [0, 0.05) is 51.5 Å². The van der Waals surface area contributed by atoms with E-state index < -0.39 is 0 Å². The van der Waals surface area contributed by atoms with Crippen LogP contribution < -0.4 is 20.7 Å². The number of nitrogens with zero attached hydrogens (tertiary/aromatic N) is 4. The van der Waals surface area contributed by atoms with Gasteiger partial charge in [-0.1, -0.05) is 18.2 Å². The highest BCUT2D eigenvalue weighted by Gasteiger charge is 2.26. The number of hydrogen-bond donors (Lipinski definition) is 1. The number of piperidine rings is 1. The molecule has 1 aliphatic heterocycles. The van der Waals surface area contributed by atoms with E-state index in [9.17, 15) is 9.59 Å². The Bertz CT molecular complexity index is 852. The Labute approximate surface area is 172 Å². The molecule has 7 nitrogen and oxygen atoms in total. The molecule has 29 heavy (non-hydrogen) atoms. The molecule has 7 heteroatoms. The summed E-state index contributed by atoms with van der Waals surface area (Å²) in [5.74, 6) is 0.0541. The summed E-state index contributed by atoms with van der Waals surface area (Å²) in [5.41, 5.74) is 1.88. The minimum Gasteiger partial charge on any atom is -0.372 e. The van der Waals surface area contributed by atoms with E-state index in [-0.39, 0.29) is 17.4 Å². The first-order valence-electron chi connectivity index (χ1n) is 10.4.